The van der Waals surface area contributed by atoms with Crippen LogP contribution in [0.5, 0.6) is 0 Å². The van der Waals surface area contributed by atoms with Crippen LogP contribution in [0.25, 0.3) is 0 Å². The molecule has 0 radical (unpaired) electrons. The van der Waals surface area contributed by atoms with Crippen molar-refractivity contribution in [2.75, 3.05) is 20.1 Å². The van der Waals surface area contributed by atoms with Crippen molar-refractivity contribution in [2.24, 2.45) is 5.92 Å². The quantitative estimate of drug-likeness (QED) is 0.613. The predicted molar refractivity (Wildman–Crippen MR) is 136 cm³/mol. The van der Waals surface area contributed by atoms with Crippen molar-refractivity contribution in [1.29, 1.82) is 0 Å². The first kappa shape index (κ1) is 25.0. The maximum absolute atomic E-state index is 13.9. The standard InChI is InChI=1S/C28H32FN5O3/c1-31(28(37)30-16-20-9-4-2-5-10-20)33-19-25(35)34-24(33)18-32(17-21-11-8-14-23(29)15-21)27(36)26(34)22-12-6-3-7-13-22/h2-6,8-11,14-15,22,24,26H,7,12-13,16-19H2,1H3,(H,30,37)/t22?,24?,26-/m0/s1. The number of allylic oxidation sites excluding steroid dienone is 2. The average Bonchev–Trinajstić information content (AvgIpc) is 3.24. The molecule has 194 valence electrons. The highest BCUT2D eigenvalue weighted by Gasteiger charge is 2.53. The van der Waals surface area contributed by atoms with E-state index in [0.717, 1.165) is 18.4 Å². The van der Waals surface area contributed by atoms with Crippen LogP contribution in [0.3, 0.4) is 0 Å². The molecule has 0 aromatic heterocycles. The summed E-state index contributed by atoms with van der Waals surface area (Å²) in [5, 5.41) is 6.09. The van der Waals surface area contributed by atoms with E-state index in [1.165, 1.54) is 17.1 Å². The van der Waals surface area contributed by atoms with E-state index in [2.05, 4.69) is 17.5 Å². The molecule has 4 amide bonds. The Balaban J connectivity index is 1.38. The van der Waals surface area contributed by atoms with Crippen molar-refractivity contribution >= 4 is 17.8 Å². The van der Waals surface area contributed by atoms with Gasteiger partial charge in [-0.25, -0.2) is 9.18 Å². The van der Waals surface area contributed by atoms with Gasteiger partial charge in [-0.1, -0.05) is 54.6 Å². The van der Waals surface area contributed by atoms with Crippen molar-refractivity contribution < 1.29 is 18.8 Å². The third-order valence-corrected chi connectivity index (χ3v) is 7.48. The largest absolute Gasteiger partial charge is 0.333 e. The monoisotopic (exact) mass is 505 g/mol. The summed E-state index contributed by atoms with van der Waals surface area (Å²) in [4.78, 5) is 43.5. The molecule has 2 aliphatic heterocycles. The number of nitrogens with zero attached hydrogens (tertiary/aromatic N) is 4. The molecule has 0 saturated carbocycles. The molecular weight excluding hydrogens is 473 g/mol. The number of nitrogens with one attached hydrogen (secondary N) is 1. The Morgan fingerprint density at radius 2 is 1.86 bits per heavy atom. The summed E-state index contributed by atoms with van der Waals surface area (Å²) in [6.07, 6.45) is 6.08. The molecule has 1 aliphatic carbocycles. The van der Waals surface area contributed by atoms with Crippen LogP contribution in [0, 0.1) is 11.7 Å². The molecule has 2 saturated heterocycles. The van der Waals surface area contributed by atoms with Crippen LogP contribution in [0.4, 0.5) is 9.18 Å². The number of rotatable bonds is 6. The number of hydrogen-bond donors (Lipinski definition) is 1. The molecule has 2 heterocycles. The first-order chi connectivity index (χ1) is 17.9. The topological polar surface area (TPSA) is 76.2 Å². The van der Waals surface area contributed by atoms with Crippen LogP contribution in [0.15, 0.2) is 66.7 Å². The summed E-state index contributed by atoms with van der Waals surface area (Å²) in [6.45, 7) is 0.851. The average molecular weight is 506 g/mol. The molecule has 5 rings (SSSR count). The first-order valence-corrected chi connectivity index (χ1v) is 12.7. The zero-order valence-corrected chi connectivity index (χ0v) is 20.9. The molecule has 1 N–H and O–H groups in total. The van der Waals surface area contributed by atoms with Crippen molar-refractivity contribution in [2.45, 2.75) is 44.6 Å². The predicted octanol–water partition coefficient (Wildman–Crippen LogP) is 3.12. The Morgan fingerprint density at radius 1 is 1.08 bits per heavy atom. The number of benzene rings is 2. The van der Waals surface area contributed by atoms with Crippen molar-refractivity contribution in [3.8, 4) is 0 Å². The Kier molecular flexibility index (Phi) is 7.23. The molecule has 9 heteroatoms. The van der Waals surface area contributed by atoms with E-state index in [1.807, 2.05) is 30.3 Å². The molecule has 8 nitrogen and oxygen atoms in total. The van der Waals surface area contributed by atoms with Crippen molar-refractivity contribution in [1.82, 2.24) is 25.1 Å². The van der Waals surface area contributed by atoms with E-state index in [-0.39, 0.29) is 49.2 Å². The normalized spacial score (nSPS) is 23.8. The van der Waals surface area contributed by atoms with Gasteiger partial charge in [0.1, 0.15) is 18.0 Å². The van der Waals surface area contributed by atoms with Gasteiger partial charge in [0.05, 0.1) is 13.1 Å². The van der Waals surface area contributed by atoms with Gasteiger partial charge in [-0.05, 0) is 48.4 Å². The lowest BCUT2D eigenvalue weighted by Gasteiger charge is -2.48. The number of carbonyl (C=O) groups excluding carboxylic acids is 3. The summed E-state index contributed by atoms with van der Waals surface area (Å²) < 4.78 is 13.9. The van der Waals surface area contributed by atoms with Crippen molar-refractivity contribution in [3.05, 3.63) is 83.7 Å². The van der Waals surface area contributed by atoms with Gasteiger partial charge in [0.25, 0.3) is 0 Å². The lowest BCUT2D eigenvalue weighted by Crippen LogP contribution is -2.66. The minimum absolute atomic E-state index is 0.00331. The minimum Gasteiger partial charge on any atom is -0.333 e. The van der Waals surface area contributed by atoms with Crippen LogP contribution in [-0.4, -0.2) is 70.0 Å². The molecule has 2 aromatic carbocycles. The summed E-state index contributed by atoms with van der Waals surface area (Å²) in [5.74, 6) is -0.639. The molecular formula is C28H32FN5O3. The second kappa shape index (κ2) is 10.7. The fraction of sp³-hybridized carbons (Fsp3) is 0.393. The second-order valence-corrected chi connectivity index (χ2v) is 9.89. The van der Waals surface area contributed by atoms with E-state index in [4.69, 9.17) is 0 Å². The van der Waals surface area contributed by atoms with Gasteiger partial charge in [0, 0.05) is 20.1 Å². The van der Waals surface area contributed by atoms with Gasteiger partial charge in [-0.3, -0.25) is 14.6 Å². The van der Waals surface area contributed by atoms with Gasteiger partial charge in [0.2, 0.25) is 11.8 Å². The Hall–Kier alpha value is -3.72. The van der Waals surface area contributed by atoms with E-state index in [0.29, 0.717) is 18.5 Å². The van der Waals surface area contributed by atoms with Crippen LogP contribution in [-0.2, 0) is 22.7 Å². The number of hydrogen-bond acceptors (Lipinski definition) is 4. The van der Waals surface area contributed by atoms with E-state index in [9.17, 15) is 18.8 Å². The highest BCUT2D eigenvalue weighted by molar-refractivity contribution is 5.91. The highest BCUT2D eigenvalue weighted by Crippen LogP contribution is 2.35. The zero-order chi connectivity index (χ0) is 25.9. The first-order valence-electron chi connectivity index (χ1n) is 12.7. The summed E-state index contributed by atoms with van der Waals surface area (Å²) in [6, 6.07) is 14.9. The molecule has 2 fully saturated rings. The molecule has 2 aromatic rings. The number of piperazine rings is 1. The molecule has 2 unspecified atom stereocenters. The zero-order valence-electron chi connectivity index (χ0n) is 20.9. The minimum atomic E-state index is -0.615. The Morgan fingerprint density at radius 3 is 2.59 bits per heavy atom. The fourth-order valence-electron chi connectivity index (χ4n) is 5.59. The number of hydrazine groups is 1. The summed E-state index contributed by atoms with van der Waals surface area (Å²) >= 11 is 0. The number of amides is 4. The van der Waals surface area contributed by atoms with E-state index >= 15 is 0 Å². The molecule has 37 heavy (non-hydrogen) atoms. The summed E-state index contributed by atoms with van der Waals surface area (Å²) in [7, 11) is 1.64. The second-order valence-electron chi connectivity index (χ2n) is 9.89. The van der Waals surface area contributed by atoms with Gasteiger partial charge >= 0.3 is 6.03 Å². The molecule has 0 spiro atoms. The fourth-order valence-corrected chi connectivity index (χ4v) is 5.59. The van der Waals surface area contributed by atoms with Crippen molar-refractivity contribution in [3.63, 3.8) is 0 Å². The highest BCUT2D eigenvalue weighted by atomic mass is 19.1. The number of halogens is 1. The Labute approximate surface area is 216 Å². The maximum atomic E-state index is 13.9. The van der Waals surface area contributed by atoms with E-state index < -0.39 is 12.2 Å². The summed E-state index contributed by atoms with van der Waals surface area (Å²) in [5.41, 5.74) is 1.66. The lowest BCUT2D eigenvalue weighted by atomic mass is 9.84. The van der Waals surface area contributed by atoms with Crippen LogP contribution in [0.2, 0.25) is 0 Å². The SMILES string of the molecule is CN(C(=O)NCc1ccccc1)N1CC(=O)N2C1CN(Cc1cccc(F)c1)C(=O)[C@@H]2C1CC=CCC1. The number of fused-ring (bicyclic) bond motifs is 1. The lowest BCUT2D eigenvalue weighted by molar-refractivity contribution is -0.160. The Bertz CT molecular complexity index is 1190. The van der Waals surface area contributed by atoms with Gasteiger partial charge in [-0.2, -0.15) is 5.01 Å². The number of urea groups is 1. The smallest absolute Gasteiger partial charge is 0.332 e. The molecule has 3 aliphatic rings. The van der Waals surface area contributed by atoms with Crippen LogP contribution >= 0.6 is 0 Å². The third kappa shape index (κ3) is 5.22. The van der Waals surface area contributed by atoms with Crippen LogP contribution in [0.1, 0.15) is 30.4 Å². The third-order valence-electron chi connectivity index (χ3n) is 7.48. The molecule has 0 bridgehead atoms. The number of carbonyl (C=O) groups is 3. The van der Waals surface area contributed by atoms with Gasteiger partial charge in [-0.15, -0.1) is 0 Å². The van der Waals surface area contributed by atoms with Crippen LogP contribution < -0.4 is 5.32 Å². The maximum Gasteiger partial charge on any atom is 0.332 e. The van der Waals surface area contributed by atoms with E-state index in [1.54, 1.807) is 34.0 Å². The molecule has 3 atom stereocenters. The van der Waals surface area contributed by atoms with Gasteiger partial charge < -0.3 is 15.1 Å². The van der Waals surface area contributed by atoms with Gasteiger partial charge in [0.15, 0.2) is 0 Å².